The largest absolute Gasteiger partial charge is 0.265 e. The maximum Gasteiger partial charge on any atom is 0.265 e. The molecule has 0 atom stereocenters. The number of aromatic nitrogens is 1. The Labute approximate surface area is 64.1 Å². The first-order valence-electron chi connectivity index (χ1n) is 3.32. The average molecular weight is 157 g/mol. The molecule has 0 bridgehead atoms. The van der Waals surface area contributed by atoms with Crippen molar-refractivity contribution in [3.63, 3.8) is 0 Å². The SMILES string of the molecule is Cc1cc(C(F)F)cnc1C. The van der Waals surface area contributed by atoms with Crippen LogP contribution in [0.5, 0.6) is 0 Å². The predicted octanol–water partition coefficient (Wildman–Crippen LogP) is 2.64. The summed E-state index contributed by atoms with van der Waals surface area (Å²) in [5, 5.41) is 0. The van der Waals surface area contributed by atoms with Crippen molar-refractivity contribution in [2.75, 3.05) is 0 Å². The molecule has 0 saturated heterocycles. The summed E-state index contributed by atoms with van der Waals surface area (Å²) in [6.45, 7) is 3.57. The van der Waals surface area contributed by atoms with Gasteiger partial charge in [0.25, 0.3) is 6.43 Å². The van der Waals surface area contributed by atoms with Gasteiger partial charge in [-0.25, -0.2) is 8.78 Å². The van der Waals surface area contributed by atoms with E-state index in [1.165, 1.54) is 12.3 Å². The second kappa shape index (κ2) is 2.95. The maximum atomic E-state index is 12.0. The Kier molecular flexibility index (Phi) is 2.17. The van der Waals surface area contributed by atoms with Gasteiger partial charge < -0.3 is 0 Å². The molecule has 0 N–H and O–H groups in total. The number of halogens is 2. The molecule has 0 radical (unpaired) electrons. The van der Waals surface area contributed by atoms with E-state index in [2.05, 4.69) is 4.98 Å². The second-order valence-electron chi connectivity index (χ2n) is 2.47. The molecule has 1 nitrogen and oxygen atoms in total. The fourth-order valence-electron chi connectivity index (χ4n) is 0.784. The highest BCUT2D eigenvalue weighted by Crippen LogP contribution is 2.19. The minimum absolute atomic E-state index is 0.00639. The van der Waals surface area contributed by atoms with E-state index in [-0.39, 0.29) is 5.56 Å². The van der Waals surface area contributed by atoms with Crippen LogP contribution in [0.15, 0.2) is 12.3 Å². The number of hydrogen-bond acceptors (Lipinski definition) is 1. The van der Waals surface area contributed by atoms with Gasteiger partial charge >= 0.3 is 0 Å². The van der Waals surface area contributed by atoms with Crippen molar-refractivity contribution in [2.45, 2.75) is 20.3 Å². The van der Waals surface area contributed by atoms with E-state index in [9.17, 15) is 8.78 Å². The molecule has 0 fully saturated rings. The third kappa shape index (κ3) is 1.73. The highest BCUT2D eigenvalue weighted by molar-refractivity contribution is 5.23. The van der Waals surface area contributed by atoms with Gasteiger partial charge in [0.2, 0.25) is 0 Å². The Bertz CT molecular complexity index is 258. The molecule has 0 saturated carbocycles. The number of aryl methyl sites for hydroxylation is 2. The molecule has 1 aromatic heterocycles. The smallest absolute Gasteiger partial charge is 0.261 e. The molecule has 1 heterocycles. The Morgan fingerprint density at radius 2 is 2.00 bits per heavy atom. The zero-order valence-electron chi connectivity index (χ0n) is 6.44. The van der Waals surface area contributed by atoms with Crippen LogP contribution in [0.3, 0.4) is 0 Å². The van der Waals surface area contributed by atoms with Gasteiger partial charge in [-0.2, -0.15) is 0 Å². The molecular formula is C8H9F2N. The number of alkyl halides is 2. The van der Waals surface area contributed by atoms with Gasteiger partial charge in [-0.15, -0.1) is 0 Å². The zero-order valence-corrected chi connectivity index (χ0v) is 6.44. The second-order valence-corrected chi connectivity index (χ2v) is 2.47. The average Bonchev–Trinajstić information content (AvgIpc) is 1.94. The van der Waals surface area contributed by atoms with Crippen molar-refractivity contribution in [1.82, 2.24) is 4.98 Å². The van der Waals surface area contributed by atoms with Crippen molar-refractivity contribution in [3.8, 4) is 0 Å². The van der Waals surface area contributed by atoms with Crippen LogP contribution in [0, 0.1) is 13.8 Å². The minimum atomic E-state index is -2.42. The summed E-state index contributed by atoms with van der Waals surface area (Å²) in [5.41, 5.74) is 1.60. The van der Waals surface area contributed by atoms with Crippen LogP contribution < -0.4 is 0 Å². The Morgan fingerprint density at radius 1 is 1.36 bits per heavy atom. The Morgan fingerprint density at radius 3 is 2.45 bits per heavy atom. The zero-order chi connectivity index (χ0) is 8.43. The van der Waals surface area contributed by atoms with Crippen LogP contribution in [-0.2, 0) is 0 Å². The molecule has 0 aliphatic rings. The van der Waals surface area contributed by atoms with E-state index in [1.807, 2.05) is 0 Å². The van der Waals surface area contributed by atoms with Crippen LogP contribution in [0.4, 0.5) is 8.78 Å². The van der Waals surface area contributed by atoms with E-state index in [1.54, 1.807) is 13.8 Å². The molecule has 0 amide bonds. The van der Waals surface area contributed by atoms with Gasteiger partial charge in [0.05, 0.1) is 0 Å². The quantitative estimate of drug-likeness (QED) is 0.610. The minimum Gasteiger partial charge on any atom is -0.261 e. The third-order valence-electron chi connectivity index (χ3n) is 1.61. The van der Waals surface area contributed by atoms with Crippen LogP contribution >= 0.6 is 0 Å². The Hall–Kier alpha value is -0.990. The number of rotatable bonds is 1. The van der Waals surface area contributed by atoms with Crippen LogP contribution in [0.25, 0.3) is 0 Å². The van der Waals surface area contributed by atoms with Crippen molar-refractivity contribution in [1.29, 1.82) is 0 Å². The number of pyridine rings is 1. The van der Waals surface area contributed by atoms with Crippen LogP contribution in [-0.4, -0.2) is 4.98 Å². The highest BCUT2D eigenvalue weighted by Gasteiger charge is 2.07. The van der Waals surface area contributed by atoms with Gasteiger partial charge in [-0.05, 0) is 25.5 Å². The third-order valence-corrected chi connectivity index (χ3v) is 1.61. The van der Waals surface area contributed by atoms with Gasteiger partial charge in [0.15, 0.2) is 0 Å². The number of hydrogen-bond donors (Lipinski definition) is 0. The van der Waals surface area contributed by atoms with E-state index in [4.69, 9.17) is 0 Å². The molecule has 0 aliphatic heterocycles. The standard InChI is InChI=1S/C8H9F2N/c1-5-3-7(8(9)10)4-11-6(5)2/h3-4,8H,1-2H3. The van der Waals surface area contributed by atoms with Gasteiger partial charge in [-0.3, -0.25) is 4.98 Å². The summed E-state index contributed by atoms with van der Waals surface area (Å²) in [7, 11) is 0. The molecule has 3 heteroatoms. The van der Waals surface area contributed by atoms with E-state index in [0.717, 1.165) is 11.3 Å². The van der Waals surface area contributed by atoms with Gasteiger partial charge in [0.1, 0.15) is 0 Å². The Balaban J connectivity index is 3.05. The molecule has 1 aromatic rings. The topological polar surface area (TPSA) is 12.9 Å². The van der Waals surface area contributed by atoms with Crippen molar-refractivity contribution >= 4 is 0 Å². The lowest BCUT2D eigenvalue weighted by molar-refractivity contribution is 0.151. The summed E-state index contributed by atoms with van der Waals surface area (Å²) in [6, 6.07) is 1.47. The lowest BCUT2D eigenvalue weighted by Gasteiger charge is -2.01. The molecule has 0 unspecified atom stereocenters. The normalized spacial score (nSPS) is 10.6. The fraction of sp³-hybridized carbons (Fsp3) is 0.375. The molecule has 60 valence electrons. The fourth-order valence-corrected chi connectivity index (χ4v) is 0.784. The van der Waals surface area contributed by atoms with Crippen LogP contribution in [0.2, 0.25) is 0 Å². The summed E-state index contributed by atoms with van der Waals surface area (Å²) < 4.78 is 24.1. The molecule has 11 heavy (non-hydrogen) atoms. The summed E-state index contributed by atoms with van der Waals surface area (Å²) in [6.07, 6.45) is -1.20. The van der Waals surface area contributed by atoms with E-state index < -0.39 is 6.43 Å². The summed E-state index contributed by atoms with van der Waals surface area (Å²) >= 11 is 0. The van der Waals surface area contributed by atoms with E-state index >= 15 is 0 Å². The molecule has 0 spiro atoms. The first-order chi connectivity index (χ1) is 5.11. The number of nitrogens with zero attached hydrogens (tertiary/aromatic N) is 1. The highest BCUT2D eigenvalue weighted by atomic mass is 19.3. The molecule has 0 aromatic carbocycles. The predicted molar refractivity (Wildman–Crippen MR) is 38.7 cm³/mol. The van der Waals surface area contributed by atoms with Crippen molar-refractivity contribution in [3.05, 3.63) is 29.1 Å². The van der Waals surface area contributed by atoms with Crippen molar-refractivity contribution in [2.24, 2.45) is 0 Å². The molecular weight excluding hydrogens is 148 g/mol. The van der Waals surface area contributed by atoms with Crippen LogP contribution in [0.1, 0.15) is 23.2 Å². The first-order valence-corrected chi connectivity index (χ1v) is 3.32. The lowest BCUT2D eigenvalue weighted by atomic mass is 10.2. The first kappa shape index (κ1) is 8.11. The van der Waals surface area contributed by atoms with Gasteiger partial charge in [-0.1, -0.05) is 0 Å². The lowest BCUT2D eigenvalue weighted by Crippen LogP contribution is -1.91. The molecule has 0 aliphatic carbocycles. The molecule has 1 rings (SSSR count). The summed E-state index contributed by atoms with van der Waals surface area (Å²) in [5.74, 6) is 0. The monoisotopic (exact) mass is 157 g/mol. The summed E-state index contributed by atoms with van der Waals surface area (Å²) in [4.78, 5) is 3.82. The van der Waals surface area contributed by atoms with Crippen molar-refractivity contribution < 1.29 is 8.78 Å². The van der Waals surface area contributed by atoms with Gasteiger partial charge in [0, 0.05) is 17.5 Å². The maximum absolute atomic E-state index is 12.0. The van der Waals surface area contributed by atoms with E-state index in [0.29, 0.717) is 0 Å².